The molecule has 1 aliphatic heterocycles. The standard InChI is InChI=1S/C18H26N2O5/c1-5-23-16(21)13-6-7-15(19-12-13)24-14-8-10-20(11-9-14)17(22)25-18(2,3)4/h6-7,12,14H,5,8-11H2,1-4H3. The number of hydrogen-bond acceptors (Lipinski definition) is 6. The zero-order chi connectivity index (χ0) is 18.4. The predicted molar refractivity (Wildman–Crippen MR) is 91.7 cm³/mol. The number of nitrogens with zero attached hydrogens (tertiary/aromatic N) is 2. The van der Waals surface area contributed by atoms with Crippen molar-refractivity contribution >= 4 is 12.1 Å². The van der Waals surface area contributed by atoms with Gasteiger partial charge in [-0.25, -0.2) is 14.6 Å². The molecule has 1 saturated heterocycles. The number of carbonyl (C=O) groups excluding carboxylic acids is 2. The summed E-state index contributed by atoms with van der Waals surface area (Å²) in [5.41, 5.74) is -0.0939. The van der Waals surface area contributed by atoms with Gasteiger partial charge in [-0.1, -0.05) is 0 Å². The first-order valence-corrected chi connectivity index (χ1v) is 8.56. The van der Waals surface area contributed by atoms with Crippen molar-refractivity contribution in [3.8, 4) is 5.88 Å². The van der Waals surface area contributed by atoms with Crippen LogP contribution in [0.2, 0.25) is 0 Å². The van der Waals surface area contributed by atoms with Crippen LogP contribution in [-0.2, 0) is 9.47 Å². The Labute approximate surface area is 148 Å². The first-order valence-electron chi connectivity index (χ1n) is 8.56. The van der Waals surface area contributed by atoms with Crippen LogP contribution in [0.15, 0.2) is 18.3 Å². The van der Waals surface area contributed by atoms with Gasteiger partial charge in [-0.05, 0) is 33.8 Å². The number of aromatic nitrogens is 1. The van der Waals surface area contributed by atoms with Crippen LogP contribution < -0.4 is 4.74 Å². The summed E-state index contributed by atoms with van der Waals surface area (Å²) in [6, 6.07) is 3.29. The maximum absolute atomic E-state index is 12.0. The van der Waals surface area contributed by atoms with Crippen molar-refractivity contribution in [1.29, 1.82) is 0 Å². The van der Waals surface area contributed by atoms with E-state index >= 15 is 0 Å². The van der Waals surface area contributed by atoms with Gasteiger partial charge in [0.25, 0.3) is 0 Å². The minimum Gasteiger partial charge on any atom is -0.474 e. The predicted octanol–water partition coefficient (Wildman–Crippen LogP) is 3.04. The third-order valence-corrected chi connectivity index (χ3v) is 3.63. The molecular formula is C18H26N2O5. The fraction of sp³-hybridized carbons (Fsp3) is 0.611. The van der Waals surface area contributed by atoms with Crippen molar-refractivity contribution in [2.75, 3.05) is 19.7 Å². The molecule has 2 rings (SSSR count). The minimum atomic E-state index is -0.491. The number of esters is 1. The molecule has 0 spiro atoms. The molecule has 0 aliphatic carbocycles. The van der Waals surface area contributed by atoms with Crippen LogP contribution in [0.3, 0.4) is 0 Å². The second-order valence-electron chi connectivity index (χ2n) is 6.89. The SMILES string of the molecule is CCOC(=O)c1ccc(OC2CCN(C(=O)OC(C)(C)C)CC2)nc1. The smallest absolute Gasteiger partial charge is 0.410 e. The number of rotatable bonds is 4. The average molecular weight is 350 g/mol. The van der Waals surface area contributed by atoms with Gasteiger partial charge >= 0.3 is 12.1 Å². The Kier molecular flexibility index (Phi) is 6.22. The van der Waals surface area contributed by atoms with E-state index in [1.54, 1.807) is 24.0 Å². The van der Waals surface area contributed by atoms with Crippen LogP contribution in [0.5, 0.6) is 5.88 Å². The van der Waals surface area contributed by atoms with Gasteiger partial charge in [-0.3, -0.25) is 0 Å². The molecule has 0 atom stereocenters. The van der Waals surface area contributed by atoms with Crippen molar-refractivity contribution in [2.24, 2.45) is 0 Å². The van der Waals surface area contributed by atoms with Gasteiger partial charge in [0, 0.05) is 38.2 Å². The largest absolute Gasteiger partial charge is 0.474 e. The van der Waals surface area contributed by atoms with Gasteiger partial charge in [0.05, 0.1) is 12.2 Å². The molecule has 1 amide bonds. The molecule has 0 aromatic carbocycles. The van der Waals surface area contributed by atoms with Crippen LogP contribution in [0.25, 0.3) is 0 Å². The fourth-order valence-electron chi connectivity index (χ4n) is 2.44. The van der Waals surface area contributed by atoms with E-state index in [1.165, 1.54) is 6.20 Å². The molecule has 25 heavy (non-hydrogen) atoms. The lowest BCUT2D eigenvalue weighted by atomic mass is 10.1. The summed E-state index contributed by atoms with van der Waals surface area (Å²) >= 11 is 0. The highest BCUT2D eigenvalue weighted by atomic mass is 16.6. The van der Waals surface area contributed by atoms with Crippen LogP contribution in [0.4, 0.5) is 4.79 Å². The molecule has 0 saturated carbocycles. The first-order chi connectivity index (χ1) is 11.8. The normalized spacial score (nSPS) is 15.6. The minimum absolute atomic E-state index is 0.0142. The Morgan fingerprint density at radius 1 is 1.24 bits per heavy atom. The number of amides is 1. The zero-order valence-electron chi connectivity index (χ0n) is 15.3. The Morgan fingerprint density at radius 3 is 2.44 bits per heavy atom. The van der Waals surface area contributed by atoms with E-state index in [0.29, 0.717) is 44.0 Å². The molecule has 1 aromatic rings. The lowest BCUT2D eigenvalue weighted by Gasteiger charge is -2.33. The lowest BCUT2D eigenvalue weighted by molar-refractivity contribution is 0.0123. The highest BCUT2D eigenvalue weighted by Crippen LogP contribution is 2.19. The molecule has 138 valence electrons. The Hall–Kier alpha value is -2.31. The second-order valence-corrected chi connectivity index (χ2v) is 6.89. The quantitative estimate of drug-likeness (QED) is 0.777. The molecular weight excluding hydrogens is 324 g/mol. The Balaban J connectivity index is 1.82. The number of ether oxygens (including phenoxy) is 3. The topological polar surface area (TPSA) is 78.0 Å². The monoisotopic (exact) mass is 350 g/mol. The van der Waals surface area contributed by atoms with E-state index in [0.717, 1.165) is 0 Å². The molecule has 7 heteroatoms. The van der Waals surface area contributed by atoms with Gasteiger partial charge in [-0.15, -0.1) is 0 Å². The summed E-state index contributed by atoms with van der Waals surface area (Å²) in [6.45, 7) is 8.81. The summed E-state index contributed by atoms with van der Waals surface area (Å²) in [7, 11) is 0. The highest BCUT2D eigenvalue weighted by Gasteiger charge is 2.27. The molecule has 1 aromatic heterocycles. The van der Waals surface area contributed by atoms with E-state index < -0.39 is 11.6 Å². The Bertz CT molecular complexity index is 586. The van der Waals surface area contributed by atoms with Crippen LogP contribution in [0.1, 0.15) is 50.9 Å². The summed E-state index contributed by atoms with van der Waals surface area (Å²) < 4.78 is 16.1. The molecule has 0 bridgehead atoms. The third kappa shape index (κ3) is 5.92. The maximum atomic E-state index is 12.0. The summed E-state index contributed by atoms with van der Waals surface area (Å²) in [4.78, 5) is 29.5. The van der Waals surface area contributed by atoms with E-state index in [1.807, 2.05) is 20.8 Å². The number of carbonyl (C=O) groups is 2. The number of hydrogen-bond donors (Lipinski definition) is 0. The van der Waals surface area contributed by atoms with E-state index in [9.17, 15) is 9.59 Å². The van der Waals surface area contributed by atoms with E-state index in [-0.39, 0.29) is 12.2 Å². The molecule has 1 aliphatic rings. The fourth-order valence-corrected chi connectivity index (χ4v) is 2.44. The van der Waals surface area contributed by atoms with Crippen LogP contribution in [0, 0.1) is 0 Å². The Morgan fingerprint density at radius 2 is 1.92 bits per heavy atom. The number of piperidine rings is 1. The summed E-state index contributed by atoms with van der Waals surface area (Å²) in [5.74, 6) is 0.0657. The van der Waals surface area contributed by atoms with E-state index in [2.05, 4.69) is 4.98 Å². The molecule has 1 fully saturated rings. The van der Waals surface area contributed by atoms with Gasteiger partial charge < -0.3 is 19.1 Å². The van der Waals surface area contributed by atoms with Gasteiger partial charge in [-0.2, -0.15) is 0 Å². The lowest BCUT2D eigenvalue weighted by Crippen LogP contribution is -2.44. The summed E-state index contributed by atoms with van der Waals surface area (Å²) in [5, 5.41) is 0. The van der Waals surface area contributed by atoms with Crippen molar-refractivity contribution in [1.82, 2.24) is 9.88 Å². The average Bonchev–Trinajstić information content (AvgIpc) is 2.55. The zero-order valence-corrected chi connectivity index (χ0v) is 15.3. The summed E-state index contributed by atoms with van der Waals surface area (Å²) in [6.07, 6.45) is 2.56. The second kappa shape index (κ2) is 8.18. The highest BCUT2D eigenvalue weighted by molar-refractivity contribution is 5.89. The van der Waals surface area contributed by atoms with Gasteiger partial charge in [0.1, 0.15) is 11.7 Å². The molecule has 0 radical (unpaired) electrons. The van der Waals surface area contributed by atoms with Gasteiger partial charge in [0.15, 0.2) is 0 Å². The molecule has 2 heterocycles. The molecule has 0 unspecified atom stereocenters. The van der Waals surface area contributed by atoms with Gasteiger partial charge in [0.2, 0.25) is 5.88 Å². The van der Waals surface area contributed by atoms with E-state index in [4.69, 9.17) is 14.2 Å². The van der Waals surface area contributed by atoms with Crippen LogP contribution >= 0.6 is 0 Å². The van der Waals surface area contributed by atoms with Crippen LogP contribution in [-0.4, -0.2) is 53.3 Å². The van der Waals surface area contributed by atoms with Crippen molar-refractivity contribution < 1.29 is 23.8 Å². The van der Waals surface area contributed by atoms with Crippen molar-refractivity contribution in [3.05, 3.63) is 23.9 Å². The third-order valence-electron chi connectivity index (χ3n) is 3.63. The number of likely N-dealkylation sites (tertiary alicyclic amines) is 1. The molecule has 7 nitrogen and oxygen atoms in total. The maximum Gasteiger partial charge on any atom is 0.410 e. The molecule has 0 N–H and O–H groups in total. The first kappa shape index (κ1) is 19.0. The van der Waals surface area contributed by atoms with Crippen molar-refractivity contribution in [3.63, 3.8) is 0 Å². The number of pyridine rings is 1. The van der Waals surface area contributed by atoms with Crippen molar-refractivity contribution in [2.45, 2.75) is 52.2 Å².